The maximum absolute atomic E-state index is 12.8. The molecule has 0 N–H and O–H groups in total. The minimum atomic E-state index is -0.0436. The first-order chi connectivity index (χ1) is 14.5. The van der Waals surface area contributed by atoms with Gasteiger partial charge in [0, 0.05) is 36.2 Å². The highest BCUT2D eigenvalue weighted by atomic mass is 79.9. The summed E-state index contributed by atoms with van der Waals surface area (Å²) in [5, 5.41) is 9.30. The van der Waals surface area contributed by atoms with Gasteiger partial charge in [0.1, 0.15) is 0 Å². The Kier molecular flexibility index (Phi) is 6.35. The van der Waals surface area contributed by atoms with Gasteiger partial charge < -0.3 is 9.80 Å². The summed E-state index contributed by atoms with van der Waals surface area (Å²) in [5.74, 6) is 0.787. The number of nitrogens with zero attached hydrogens (tertiary/aromatic N) is 4. The van der Waals surface area contributed by atoms with Gasteiger partial charge in [0.05, 0.1) is 16.3 Å². The van der Waals surface area contributed by atoms with Crippen molar-refractivity contribution in [1.29, 1.82) is 0 Å². The van der Waals surface area contributed by atoms with Crippen molar-refractivity contribution in [2.45, 2.75) is 13.3 Å². The molecule has 1 amide bonds. The second kappa shape index (κ2) is 9.14. The highest BCUT2D eigenvalue weighted by Gasteiger charge is 2.24. The number of rotatable bonds is 4. The maximum Gasteiger partial charge on any atom is 0.255 e. The molecule has 4 rings (SSSR count). The largest absolute Gasteiger partial charge is 0.352 e. The predicted octanol–water partition coefficient (Wildman–Crippen LogP) is 5.08. The number of hydrogen-bond acceptors (Lipinski definition) is 4. The Balaban J connectivity index is 1.40. The minimum absolute atomic E-state index is 0.0436. The van der Waals surface area contributed by atoms with Crippen LogP contribution in [0, 0.1) is 0 Å². The molecule has 1 fully saturated rings. The number of halogens is 2. The lowest BCUT2D eigenvalue weighted by molar-refractivity contribution is 0.0746. The van der Waals surface area contributed by atoms with Gasteiger partial charge in [0.15, 0.2) is 5.82 Å². The molecule has 2 aromatic carbocycles. The van der Waals surface area contributed by atoms with Gasteiger partial charge in [0.25, 0.3) is 5.91 Å². The highest BCUT2D eigenvalue weighted by Crippen LogP contribution is 2.24. The van der Waals surface area contributed by atoms with Crippen molar-refractivity contribution < 1.29 is 4.79 Å². The molecule has 0 bridgehead atoms. The van der Waals surface area contributed by atoms with Gasteiger partial charge in [-0.05, 0) is 42.3 Å². The number of piperazine rings is 1. The van der Waals surface area contributed by atoms with Crippen LogP contribution in [0.3, 0.4) is 0 Å². The van der Waals surface area contributed by atoms with Crippen LogP contribution in [0.2, 0.25) is 5.02 Å². The third-order valence-electron chi connectivity index (χ3n) is 5.36. The number of aryl methyl sites for hydroxylation is 1. The Bertz CT molecular complexity index is 1030. The normalized spacial score (nSPS) is 14.1. The Morgan fingerprint density at radius 2 is 1.73 bits per heavy atom. The van der Waals surface area contributed by atoms with Gasteiger partial charge in [-0.2, -0.15) is 0 Å². The molecule has 154 valence electrons. The molecule has 0 atom stereocenters. The van der Waals surface area contributed by atoms with Crippen LogP contribution in [0.5, 0.6) is 0 Å². The summed E-state index contributed by atoms with van der Waals surface area (Å²) in [7, 11) is 0. The highest BCUT2D eigenvalue weighted by molar-refractivity contribution is 9.10. The summed E-state index contributed by atoms with van der Waals surface area (Å²) in [6.45, 7) is 4.78. The van der Waals surface area contributed by atoms with E-state index in [0.29, 0.717) is 36.8 Å². The quantitative estimate of drug-likeness (QED) is 0.517. The van der Waals surface area contributed by atoms with Gasteiger partial charge in [-0.25, -0.2) is 0 Å². The van der Waals surface area contributed by atoms with Crippen LogP contribution in [0.1, 0.15) is 22.8 Å². The zero-order valence-corrected chi connectivity index (χ0v) is 19.0. The van der Waals surface area contributed by atoms with Crippen LogP contribution in [0.25, 0.3) is 11.3 Å². The Hall–Kier alpha value is -2.44. The number of hydrogen-bond donors (Lipinski definition) is 0. The second-order valence-electron chi connectivity index (χ2n) is 7.23. The third kappa shape index (κ3) is 4.50. The molecule has 30 heavy (non-hydrogen) atoms. The fraction of sp³-hybridized carbons (Fsp3) is 0.261. The fourth-order valence-corrected chi connectivity index (χ4v) is 4.09. The topological polar surface area (TPSA) is 49.3 Å². The summed E-state index contributed by atoms with van der Waals surface area (Å²) in [6, 6.07) is 17.8. The monoisotopic (exact) mass is 484 g/mol. The minimum Gasteiger partial charge on any atom is -0.352 e. The third-order valence-corrected chi connectivity index (χ3v) is 6.18. The molecule has 1 aliphatic heterocycles. The summed E-state index contributed by atoms with van der Waals surface area (Å²) in [4.78, 5) is 16.8. The predicted molar refractivity (Wildman–Crippen MR) is 124 cm³/mol. The molecular formula is C23H22BrClN4O. The number of carbonyl (C=O) groups is 1. The van der Waals surface area contributed by atoms with E-state index in [1.54, 1.807) is 12.1 Å². The number of amides is 1. The van der Waals surface area contributed by atoms with Gasteiger partial charge in [0.2, 0.25) is 0 Å². The van der Waals surface area contributed by atoms with Crippen LogP contribution in [-0.4, -0.2) is 47.2 Å². The first kappa shape index (κ1) is 20.8. The molecule has 3 aromatic rings. The lowest BCUT2D eigenvalue weighted by Gasteiger charge is -2.35. The van der Waals surface area contributed by atoms with Gasteiger partial charge in [-0.1, -0.05) is 58.7 Å². The van der Waals surface area contributed by atoms with Crippen molar-refractivity contribution in [1.82, 2.24) is 15.1 Å². The van der Waals surface area contributed by atoms with Gasteiger partial charge >= 0.3 is 0 Å². The fourth-order valence-electron chi connectivity index (χ4n) is 3.53. The first-order valence-corrected chi connectivity index (χ1v) is 11.1. The standard InChI is InChI=1S/C23H22BrClN4O/c1-2-16-3-5-17(6-4-16)21-9-10-22(27-26-21)28-11-13-29(14-12-28)23(30)19-15-18(24)7-8-20(19)25/h3-10,15H,2,11-14H2,1H3. The van der Waals surface area contributed by atoms with Crippen LogP contribution in [-0.2, 0) is 6.42 Å². The van der Waals surface area contributed by atoms with Crippen LogP contribution < -0.4 is 4.90 Å². The molecule has 0 unspecified atom stereocenters. The number of anilines is 1. The van der Waals surface area contributed by atoms with E-state index in [1.807, 2.05) is 23.1 Å². The zero-order valence-electron chi connectivity index (χ0n) is 16.7. The molecule has 0 saturated carbocycles. The molecule has 1 aromatic heterocycles. The Labute approximate surface area is 189 Å². The lowest BCUT2D eigenvalue weighted by Crippen LogP contribution is -2.49. The maximum atomic E-state index is 12.8. The van der Waals surface area contributed by atoms with E-state index >= 15 is 0 Å². The van der Waals surface area contributed by atoms with Crippen LogP contribution in [0.4, 0.5) is 5.82 Å². The summed E-state index contributed by atoms with van der Waals surface area (Å²) in [6.07, 6.45) is 1.02. The summed E-state index contributed by atoms with van der Waals surface area (Å²) < 4.78 is 0.841. The molecule has 0 spiro atoms. The molecule has 5 nitrogen and oxygen atoms in total. The van der Waals surface area contributed by atoms with Crippen molar-refractivity contribution >= 4 is 39.3 Å². The second-order valence-corrected chi connectivity index (χ2v) is 8.55. The van der Waals surface area contributed by atoms with Crippen molar-refractivity contribution in [3.8, 4) is 11.3 Å². The Morgan fingerprint density at radius 1 is 1.00 bits per heavy atom. The molecule has 0 aliphatic carbocycles. The molecule has 0 radical (unpaired) electrons. The smallest absolute Gasteiger partial charge is 0.255 e. The van der Waals surface area contributed by atoms with E-state index in [9.17, 15) is 4.79 Å². The number of aromatic nitrogens is 2. The van der Waals surface area contributed by atoms with Crippen molar-refractivity contribution in [3.05, 3.63) is 75.2 Å². The number of carbonyl (C=O) groups excluding carboxylic acids is 1. The SMILES string of the molecule is CCc1ccc(-c2ccc(N3CCN(C(=O)c4cc(Br)ccc4Cl)CC3)nn2)cc1. The van der Waals surface area contributed by atoms with Crippen LogP contribution in [0.15, 0.2) is 59.1 Å². The first-order valence-electron chi connectivity index (χ1n) is 9.97. The molecule has 1 saturated heterocycles. The van der Waals surface area contributed by atoms with E-state index in [0.717, 1.165) is 28.0 Å². The lowest BCUT2D eigenvalue weighted by atomic mass is 10.1. The van der Waals surface area contributed by atoms with E-state index in [1.165, 1.54) is 5.56 Å². The van der Waals surface area contributed by atoms with E-state index in [4.69, 9.17) is 11.6 Å². The van der Waals surface area contributed by atoms with Crippen molar-refractivity contribution in [2.24, 2.45) is 0 Å². The molecular weight excluding hydrogens is 464 g/mol. The number of benzene rings is 2. The van der Waals surface area contributed by atoms with Crippen LogP contribution >= 0.6 is 27.5 Å². The zero-order chi connectivity index (χ0) is 21.1. The van der Waals surface area contributed by atoms with E-state index < -0.39 is 0 Å². The van der Waals surface area contributed by atoms with E-state index in [-0.39, 0.29) is 5.91 Å². The molecule has 7 heteroatoms. The molecule has 1 aliphatic rings. The van der Waals surface area contributed by atoms with Gasteiger partial charge in [-0.15, -0.1) is 10.2 Å². The summed E-state index contributed by atoms with van der Waals surface area (Å²) in [5.41, 5.74) is 3.75. The average Bonchev–Trinajstić information content (AvgIpc) is 2.80. The summed E-state index contributed by atoms with van der Waals surface area (Å²) >= 11 is 9.63. The van der Waals surface area contributed by atoms with Crippen molar-refractivity contribution in [3.63, 3.8) is 0 Å². The van der Waals surface area contributed by atoms with E-state index in [2.05, 4.69) is 62.2 Å². The van der Waals surface area contributed by atoms with Gasteiger partial charge in [-0.3, -0.25) is 4.79 Å². The Morgan fingerprint density at radius 3 is 2.37 bits per heavy atom. The average molecular weight is 486 g/mol. The molecule has 2 heterocycles. The van der Waals surface area contributed by atoms with Crippen molar-refractivity contribution in [2.75, 3.05) is 31.1 Å².